The normalized spacial score (nSPS) is 18.1. The van der Waals surface area contributed by atoms with Crippen LogP contribution >= 0.6 is 11.6 Å². The maximum atomic E-state index is 13.2. The van der Waals surface area contributed by atoms with Crippen molar-refractivity contribution in [2.45, 2.75) is 6.04 Å². The predicted octanol–water partition coefficient (Wildman–Crippen LogP) is 1.14. The highest BCUT2D eigenvalue weighted by molar-refractivity contribution is 6.31. The van der Waals surface area contributed by atoms with Crippen molar-refractivity contribution in [3.05, 3.63) is 35.6 Å². The van der Waals surface area contributed by atoms with Gasteiger partial charge < -0.3 is 20.2 Å². The summed E-state index contributed by atoms with van der Waals surface area (Å²) >= 11 is 5.70. The molecule has 7 nitrogen and oxygen atoms in total. The molecule has 0 radical (unpaired) electrons. The van der Waals surface area contributed by atoms with Gasteiger partial charge in [0.15, 0.2) is 0 Å². The Bertz CT molecular complexity index is 746. The summed E-state index contributed by atoms with van der Waals surface area (Å²) in [5.74, 6) is -1.16. The lowest BCUT2D eigenvalue weighted by atomic mass is 10.1. The van der Waals surface area contributed by atoms with Gasteiger partial charge in [0, 0.05) is 51.4 Å². The largest absolute Gasteiger partial charge is 0.506 e. The summed E-state index contributed by atoms with van der Waals surface area (Å²) in [6.45, 7) is 7.57. The van der Waals surface area contributed by atoms with E-state index in [1.807, 2.05) is 0 Å². The van der Waals surface area contributed by atoms with Crippen LogP contribution in [0, 0.1) is 5.82 Å². The van der Waals surface area contributed by atoms with Gasteiger partial charge in [-0.05, 0) is 12.1 Å². The Kier molecular flexibility index (Phi) is 5.86. The number of nitrogens with zero attached hydrogens (tertiary/aromatic N) is 3. The number of anilines is 1. The van der Waals surface area contributed by atoms with Crippen molar-refractivity contribution in [1.29, 1.82) is 0 Å². The number of halogens is 2. The van der Waals surface area contributed by atoms with Crippen molar-refractivity contribution < 1.29 is 19.1 Å². The maximum absolute atomic E-state index is 13.2. The molecular weight excluding hydrogens is 375 g/mol. The minimum absolute atomic E-state index is 0.0133. The Labute approximate surface area is 162 Å². The number of likely N-dealkylation sites (tertiary alicyclic amines) is 1. The van der Waals surface area contributed by atoms with Crippen molar-refractivity contribution in [2.75, 3.05) is 51.1 Å². The zero-order valence-corrected chi connectivity index (χ0v) is 15.6. The van der Waals surface area contributed by atoms with Gasteiger partial charge in [-0.25, -0.2) is 4.39 Å². The fourth-order valence-corrected chi connectivity index (χ4v) is 3.46. The minimum atomic E-state index is -0.716. The summed E-state index contributed by atoms with van der Waals surface area (Å²) in [6.07, 6.45) is 1.33. The molecule has 0 unspecified atom stereocenters. The average molecular weight is 397 g/mol. The van der Waals surface area contributed by atoms with E-state index in [4.69, 9.17) is 11.6 Å². The monoisotopic (exact) mass is 396 g/mol. The van der Waals surface area contributed by atoms with Gasteiger partial charge in [0.25, 0.3) is 0 Å². The standard InChI is InChI=1S/C18H22ClFN4O3/c1-2-17(26)24-10-12(11-24)22-3-5-23(6-4-22)18(27)9-21-15-7-13(19)14(20)8-16(15)25/h2,7-8,12,21,25H,1,3-6,9-11H2. The number of phenols is 1. The van der Waals surface area contributed by atoms with E-state index in [1.54, 1.807) is 9.80 Å². The van der Waals surface area contributed by atoms with E-state index in [1.165, 1.54) is 12.1 Å². The first-order valence-corrected chi connectivity index (χ1v) is 9.12. The fraction of sp³-hybridized carbons (Fsp3) is 0.444. The van der Waals surface area contributed by atoms with Crippen molar-refractivity contribution in [3.8, 4) is 5.75 Å². The van der Waals surface area contributed by atoms with E-state index in [2.05, 4.69) is 16.8 Å². The molecule has 0 saturated carbocycles. The summed E-state index contributed by atoms with van der Waals surface area (Å²) < 4.78 is 13.2. The van der Waals surface area contributed by atoms with Crippen molar-refractivity contribution in [3.63, 3.8) is 0 Å². The first-order chi connectivity index (χ1) is 12.9. The molecule has 9 heteroatoms. The van der Waals surface area contributed by atoms with E-state index >= 15 is 0 Å². The molecule has 3 rings (SSSR count). The number of hydrogen-bond acceptors (Lipinski definition) is 5. The number of hydrogen-bond donors (Lipinski definition) is 2. The predicted molar refractivity (Wildman–Crippen MR) is 100 cm³/mol. The molecule has 0 atom stereocenters. The number of carbonyl (C=O) groups excluding carboxylic acids is 2. The van der Waals surface area contributed by atoms with Gasteiger partial charge in [-0.3, -0.25) is 14.5 Å². The molecule has 2 aliphatic heterocycles. The zero-order chi connectivity index (χ0) is 19.6. The van der Waals surface area contributed by atoms with E-state index < -0.39 is 5.82 Å². The second-order valence-electron chi connectivity index (χ2n) is 6.65. The number of amides is 2. The van der Waals surface area contributed by atoms with Gasteiger partial charge in [-0.1, -0.05) is 18.2 Å². The molecule has 0 bridgehead atoms. The van der Waals surface area contributed by atoms with Crippen LogP contribution in [0.2, 0.25) is 5.02 Å². The van der Waals surface area contributed by atoms with E-state index in [0.29, 0.717) is 32.2 Å². The third-order valence-electron chi connectivity index (χ3n) is 5.00. The van der Waals surface area contributed by atoms with Crippen LogP contribution in [-0.2, 0) is 9.59 Å². The average Bonchev–Trinajstić information content (AvgIpc) is 2.62. The second kappa shape index (κ2) is 8.14. The van der Waals surface area contributed by atoms with Crippen LogP contribution in [-0.4, -0.2) is 83.5 Å². The molecule has 146 valence electrons. The third-order valence-corrected chi connectivity index (χ3v) is 5.29. The van der Waals surface area contributed by atoms with Crippen LogP contribution in [0.5, 0.6) is 5.75 Å². The molecule has 2 fully saturated rings. The molecule has 2 saturated heterocycles. The highest BCUT2D eigenvalue weighted by atomic mass is 35.5. The van der Waals surface area contributed by atoms with Gasteiger partial charge in [-0.15, -0.1) is 0 Å². The van der Waals surface area contributed by atoms with Crippen LogP contribution in [0.4, 0.5) is 10.1 Å². The quantitative estimate of drug-likeness (QED) is 0.576. The molecule has 1 aromatic rings. The maximum Gasteiger partial charge on any atom is 0.246 e. The molecule has 27 heavy (non-hydrogen) atoms. The molecule has 2 amide bonds. The third kappa shape index (κ3) is 4.33. The SMILES string of the molecule is C=CC(=O)N1CC(N2CCN(C(=O)CNc3cc(Cl)c(F)cc3O)CC2)C1. The first-order valence-electron chi connectivity index (χ1n) is 8.74. The lowest BCUT2D eigenvalue weighted by Crippen LogP contribution is -2.64. The topological polar surface area (TPSA) is 76.1 Å². The van der Waals surface area contributed by atoms with E-state index in [9.17, 15) is 19.1 Å². The summed E-state index contributed by atoms with van der Waals surface area (Å²) in [5, 5.41) is 12.4. The lowest BCUT2D eigenvalue weighted by Gasteiger charge is -2.47. The summed E-state index contributed by atoms with van der Waals surface area (Å²) in [6, 6.07) is 2.50. The Morgan fingerprint density at radius 2 is 1.93 bits per heavy atom. The Morgan fingerprint density at radius 1 is 1.26 bits per heavy atom. The Morgan fingerprint density at radius 3 is 2.56 bits per heavy atom. The second-order valence-corrected chi connectivity index (χ2v) is 7.06. The molecule has 2 aliphatic rings. The number of benzene rings is 1. The summed E-state index contributed by atoms with van der Waals surface area (Å²) in [4.78, 5) is 29.6. The highest BCUT2D eigenvalue weighted by Gasteiger charge is 2.35. The molecular formula is C18H22ClFN4O3. The van der Waals surface area contributed by atoms with Crippen LogP contribution in [0.25, 0.3) is 0 Å². The molecule has 0 aliphatic carbocycles. The smallest absolute Gasteiger partial charge is 0.246 e. The number of phenolic OH excluding ortho intramolecular Hbond substituents is 1. The molecule has 1 aromatic carbocycles. The molecule has 0 spiro atoms. The van der Waals surface area contributed by atoms with Crippen molar-refractivity contribution in [2.24, 2.45) is 0 Å². The Hall–Kier alpha value is -2.32. The zero-order valence-electron chi connectivity index (χ0n) is 14.8. The molecule has 2 heterocycles. The first kappa shape index (κ1) is 19.4. The number of carbonyl (C=O) groups is 2. The van der Waals surface area contributed by atoms with E-state index in [-0.39, 0.29) is 34.8 Å². The van der Waals surface area contributed by atoms with Gasteiger partial charge in [0.2, 0.25) is 11.8 Å². The molecule has 0 aromatic heterocycles. The van der Waals surface area contributed by atoms with Crippen LogP contribution in [0.1, 0.15) is 0 Å². The highest BCUT2D eigenvalue weighted by Crippen LogP contribution is 2.29. The minimum Gasteiger partial charge on any atom is -0.506 e. The fourth-order valence-electron chi connectivity index (χ4n) is 3.29. The van der Waals surface area contributed by atoms with Gasteiger partial charge >= 0.3 is 0 Å². The van der Waals surface area contributed by atoms with Gasteiger partial charge in [-0.2, -0.15) is 0 Å². The number of aromatic hydroxyl groups is 1. The van der Waals surface area contributed by atoms with Crippen LogP contribution in [0.15, 0.2) is 24.8 Å². The number of nitrogens with one attached hydrogen (secondary N) is 1. The summed E-state index contributed by atoms with van der Waals surface area (Å²) in [5.41, 5.74) is 0.217. The van der Waals surface area contributed by atoms with Gasteiger partial charge in [0.05, 0.1) is 17.3 Å². The number of piperazine rings is 1. The van der Waals surface area contributed by atoms with E-state index in [0.717, 1.165) is 19.2 Å². The summed E-state index contributed by atoms with van der Waals surface area (Å²) in [7, 11) is 0. The van der Waals surface area contributed by atoms with Gasteiger partial charge in [0.1, 0.15) is 11.6 Å². The van der Waals surface area contributed by atoms with Crippen LogP contribution < -0.4 is 5.32 Å². The van der Waals surface area contributed by atoms with Crippen molar-refractivity contribution >= 4 is 29.1 Å². The van der Waals surface area contributed by atoms with Crippen LogP contribution in [0.3, 0.4) is 0 Å². The Balaban J connectivity index is 1.43. The molecule has 2 N–H and O–H groups in total. The van der Waals surface area contributed by atoms with Crippen molar-refractivity contribution in [1.82, 2.24) is 14.7 Å². The number of rotatable bonds is 5. The lowest BCUT2D eigenvalue weighted by molar-refractivity contribution is -0.135.